The van der Waals surface area contributed by atoms with Gasteiger partial charge in [0, 0.05) is 5.38 Å². The minimum atomic E-state index is -0.207. The summed E-state index contributed by atoms with van der Waals surface area (Å²) in [4.78, 5) is 10.7. The molecule has 0 aromatic heterocycles. The zero-order chi connectivity index (χ0) is 8.69. The quantitative estimate of drug-likeness (QED) is 0.373. The van der Waals surface area contributed by atoms with Gasteiger partial charge >= 0.3 is 5.97 Å². The van der Waals surface area contributed by atoms with E-state index >= 15 is 0 Å². The van der Waals surface area contributed by atoms with Gasteiger partial charge in [-0.3, -0.25) is 4.79 Å². The van der Waals surface area contributed by atoms with Crippen LogP contribution in [0.5, 0.6) is 0 Å². The number of hydrogen-bond acceptors (Lipinski definition) is 2. The number of rotatable bonds is 4. The molecule has 0 bridgehead atoms. The molecule has 0 amide bonds. The lowest BCUT2D eigenvalue weighted by molar-refractivity contribution is -0.142. The summed E-state index contributed by atoms with van der Waals surface area (Å²) in [6, 6.07) is 0. The van der Waals surface area contributed by atoms with Gasteiger partial charge in [0.05, 0.1) is 13.0 Å². The molecule has 2 nitrogen and oxygen atoms in total. The molecule has 0 spiro atoms. The number of hydrogen-bond donors (Lipinski definition) is 0. The van der Waals surface area contributed by atoms with Gasteiger partial charge in [0.2, 0.25) is 0 Å². The third kappa shape index (κ3) is 7.40. The van der Waals surface area contributed by atoms with Crippen molar-refractivity contribution in [2.75, 3.05) is 6.61 Å². The fourth-order valence-corrected chi connectivity index (χ4v) is 0.675. The van der Waals surface area contributed by atoms with Crippen molar-refractivity contribution in [3.05, 3.63) is 12.2 Å². The average Bonchev–Trinajstić information content (AvgIpc) is 1.87. The fraction of sp³-hybridized carbons (Fsp3) is 0.625. The summed E-state index contributed by atoms with van der Waals surface area (Å²) in [5.74, 6) is -0.207. The van der Waals surface area contributed by atoms with E-state index in [-0.39, 0.29) is 11.3 Å². The van der Waals surface area contributed by atoms with Crippen LogP contribution in [0.1, 0.15) is 20.3 Å². The Labute approximate surface area is 72.2 Å². The van der Waals surface area contributed by atoms with Crippen LogP contribution in [0.3, 0.4) is 0 Å². The van der Waals surface area contributed by atoms with Crippen LogP contribution in [-0.2, 0) is 9.53 Å². The summed E-state index contributed by atoms with van der Waals surface area (Å²) < 4.78 is 4.69. The molecule has 0 radical (unpaired) electrons. The van der Waals surface area contributed by atoms with E-state index in [0.717, 1.165) is 0 Å². The van der Waals surface area contributed by atoms with Crippen molar-refractivity contribution in [1.82, 2.24) is 0 Å². The third-order valence-electron chi connectivity index (χ3n) is 0.991. The Bertz CT molecular complexity index is 141. The molecular formula is C8H13ClO2. The smallest absolute Gasteiger partial charge is 0.309 e. The minimum Gasteiger partial charge on any atom is -0.466 e. The van der Waals surface area contributed by atoms with Crippen LogP contribution in [0, 0.1) is 0 Å². The largest absolute Gasteiger partial charge is 0.466 e. The third-order valence-corrected chi connectivity index (χ3v) is 1.14. The molecule has 3 heteroatoms. The maximum Gasteiger partial charge on any atom is 0.309 e. The van der Waals surface area contributed by atoms with Gasteiger partial charge in [-0.15, -0.1) is 11.6 Å². The van der Waals surface area contributed by atoms with Gasteiger partial charge < -0.3 is 4.74 Å². The second-order valence-electron chi connectivity index (χ2n) is 2.11. The van der Waals surface area contributed by atoms with Crippen molar-refractivity contribution < 1.29 is 9.53 Å². The predicted octanol–water partition coefficient (Wildman–Crippen LogP) is 2.12. The molecule has 0 aromatic rings. The highest BCUT2D eigenvalue weighted by atomic mass is 35.5. The zero-order valence-electron chi connectivity index (χ0n) is 6.84. The lowest BCUT2D eigenvalue weighted by Crippen LogP contribution is -2.01. The van der Waals surface area contributed by atoms with Gasteiger partial charge in [-0.1, -0.05) is 12.2 Å². The number of allylic oxidation sites excluding steroid dienone is 1. The SMILES string of the molecule is CCOC(=O)C/C=C/C(C)Cl. The Morgan fingerprint density at radius 2 is 2.36 bits per heavy atom. The van der Waals surface area contributed by atoms with Crippen molar-refractivity contribution in [3.8, 4) is 0 Å². The first kappa shape index (κ1) is 10.5. The lowest BCUT2D eigenvalue weighted by atomic mass is 10.3. The molecule has 11 heavy (non-hydrogen) atoms. The van der Waals surface area contributed by atoms with Gasteiger partial charge in [0.25, 0.3) is 0 Å². The summed E-state index contributed by atoms with van der Waals surface area (Å²) in [5.41, 5.74) is 0. The first-order valence-corrected chi connectivity index (χ1v) is 4.06. The second-order valence-corrected chi connectivity index (χ2v) is 2.80. The molecule has 0 saturated heterocycles. The molecule has 64 valence electrons. The Kier molecular flexibility index (Phi) is 5.94. The van der Waals surface area contributed by atoms with Gasteiger partial charge in [-0.25, -0.2) is 0 Å². The molecule has 0 saturated carbocycles. The number of carbonyl (C=O) groups excluding carboxylic acids is 1. The van der Waals surface area contributed by atoms with Crippen molar-refractivity contribution in [3.63, 3.8) is 0 Å². The normalized spacial score (nSPS) is 13.4. The molecule has 0 aliphatic carbocycles. The van der Waals surface area contributed by atoms with E-state index in [0.29, 0.717) is 13.0 Å². The Balaban J connectivity index is 3.45. The van der Waals surface area contributed by atoms with Crippen molar-refractivity contribution in [2.24, 2.45) is 0 Å². The monoisotopic (exact) mass is 176 g/mol. The standard InChI is InChI=1S/C8H13ClO2/c1-3-11-8(10)6-4-5-7(2)9/h4-5,7H,3,6H2,1-2H3/b5-4+. The number of halogens is 1. The van der Waals surface area contributed by atoms with Crippen LogP contribution >= 0.6 is 11.6 Å². The van der Waals surface area contributed by atoms with E-state index in [4.69, 9.17) is 16.3 Å². The Hall–Kier alpha value is -0.500. The highest BCUT2D eigenvalue weighted by Gasteiger charge is 1.96. The lowest BCUT2D eigenvalue weighted by Gasteiger charge is -1.96. The molecule has 1 atom stereocenters. The van der Waals surface area contributed by atoms with Crippen molar-refractivity contribution in [1.29, 1.82) is 0 Å². The summed E-state index contributed by atoms with van der Waals surface area (Å²) in [7, 11) is 0. The first-order chi connectivity index (χ1) is 5.16. The molecular weight excluding hydrogens is 164 g/mol. The van der Waals surface area contributed by atoms with E-state index in [2.05, 4.69) is 0 Å². The van der Waals surface area contributed by atoms with E-state index < -0.39 is 0 Å². The summed E-state index contributed by atoms with van der Waals surface area (Å²) in [5, 5.41) is -0.0237. The van der Waals surface area contributed by atoms with Crippen molar-refractivity contribution >= 4 is 17.6 Å². The molecule has 0 fully saturated rings. The molecule has 0 N–H and O–H groups in total. The zero-order valence-corrected chi connectivity index (χ0v) is 7.60. The number of ether oxygens (including phenoxy) is 1. The number of carbonyl (C=O) groups is 1. The van der Waals surface area contributed by atoms with E-state index in [9.17, 15) is 4.79 Å². The molecule has 0 rings (SSSR count). The molecule has 0 heterocycles. The van der Waals surface area contributed by atoms with Crippen LogP contribution in [-0.4, -0.2) is 18.0 Å². The van der Waals surface area contributed by atoms with Gasteiger partial charge in [-0.05, 0) is 13.8 Å². The van der Waals surface area contributed by atoms with E-state index in [1.54, 1.807) is 19.1 Å². The second kappa shape index (κ2) is 6.23. The van der Waals surface area contributed by atoms with Crippen LogP contribution in [0.15, 0.2) is 12.2 Å². The number of alkyl halides is 1. The van der Waals surface area contributed by atoms with Crippen LogP contribution in [0.25, 0.3) is 0 Å². The fourth-order valence-electron chi connectivity index (χ4n) is 0.572. The first-order valence-electron chi connectivity index (χ1n) is 3.63. The van der Waals surface area contributed by atoms with Gasteiger partial charge in [0.15, 0.2) is 0 Å². The highest BCUT2D eigenvalue weighted by Crippen LogP contribution is 1.97. The van der Waals surface area contributed by atoms with Crippen LogP contribution in [0.4, 0.5) is 0 Å². The minimum absolute atomic E-state index is 0.0237. The topological polar surface area (TPSA) is 26.3 Å². The molecule has 0 aliphatic rings. The maximum atomic E-state index is 10.7. The van der Waals surface area contributed by atoms with Crippen LogP contribution in [0.2, 0.25) is 0 Å². The average molecular weight is 177 g/mol. The Morgan fingerprint density at radius 3 is 2.82 bits per heavy atom. The van der Waals surface area contributed by atoms with Gasteiger partial charge in [-0.2, -0.15) is 0 Å². The molecule has 1 unspecified atom stereocenters. The molecule has 0 aliphatic heterocycles. The Morgan fingerprint density at radius 1 is 1.73 bits per heavy atom. The molecule has 0 aromatic carbocycles. The summed E-state index contributed by atoms with van der Waals surface area (Å²) >= 11 is 5.60. The van der Waals surface area contributed by atoms with Crippen molar-refractivity contribution in [2.45, 2.75) is 25.6 Å². The van der Waals surface area contributed by atoms with E-state index in [1.807, 2.05) is 6.92 Å². The number of esters is 1. The van der Waals surface area contributed by atoms with Crippen LogP contribution < -0.4 is 0 Å². The maximum absolute atomic E-state index is 10.7. The van der Waals surface area contributed by atoms with Gasteiger partial charge in [0.1, 0.15) is 0 Å². The highest BCUT2D eigenvalue weighted by molar-refractivity contribution is 6.21. The summed E-state index contributed by atoms with van der Waals surface area (Å²) in [6.45, 7) is 4.05. The van der Waals surface area contributed by atoms with E-state index in [1.165, 1.54) is 0 Å². The predicted molar refractivity (Wildman–Crippen MR) is 45.7 cm³/mol. The summed E-state index contributed by atoms with van der Waals surface area (Å²) in [6.07, 6.45) is 3.79.